The molecule has 1 aromatic heterocycles. The van der Waals surface area contributed by atoms with Gasteiger partial charge in [-0.2, -0.15) is 0 Å². The van der Waals surface area contributed by atoms with E-state index in [2.05, 4.69) is 67.2 Å². The summed E-state index contributed by atoms with van der Waals surface area (Å²) in [6.07, 6.45) is 1.69. The van der Waals surface area contributed by atoms with E-state index in [4.69, 9.17) is 5.73 Å². The standard InChI is InChI=1S/C17H24N4/c1-12-7-5-6-8-13(12)16(17(2,3)4)20-11-15-19-10-9-14(18)21-15/h5-10,16,20H,11H2,1-4H3,(H2,18,19,21)/t16-/m0/s1. The van der Waals surface area contributed by atoms with Crippen LogP contribution in [0.2, 0.25) is 0 Å². The van der Waals surface area contributed by atoms with Gasteiger partial charge in [-0.15, -0.1) is 0 Å². The first-order valence-electron chi connectivity index (χ1n) is 7.24. The molecule has 0 fully saturated rings. The average Bonchev–Trinajstić information content (AvgIpc) is 2.39. The number of nitrogen functional groups attached to an aromatic ring is 1. The molecule has 2 rings (SSSR count). The van der Waals surface area contributed by atoms with E-state index < -0.39 is 0 Å². The fourth-order valence-corrected chi connectivity index (χ4v) is 2.49. The van der Waals surface area contributed by atoms with Crippen molar-refractivity contribution in [3.05, 3.63) is 53.5 Å². The topological polar surface area (TPSA) is 63.8 Å². The summed E-state index contributed by atoms with van der Waals surface area (Å²) in [6.45, 7) is 9.44. The van der Waals surface area contributed by atoms with Gasteiger partial charge in [0.05, 0.1) is 6.54 Å². The van der Waals surface area contributed by atoms with Crippen molar-refractivity contribution in [3.63, 3.8) is 0 Å². The zero-order valence-corrected chi connectivity index (χ0v) is 13.2. The third kappa shape index (κ3) is 4.02. The van der Waals surface area contributed by atoms with Crippen LogP contribution in [0.25, 0.3) is 0 Å². The van der Waals surface area contributed by atoms with E-state index in [1.807, 2.05) is 0 Å². The Morgan fingerprint density at radius 3 is 2.52 bits per heavy atom. The molecule has 4 nitrogen and oxygen atoms in total. The number of nitrogens with one attached hydrogen (secondary N) is 1. The van der Waals surface area contributed by atoms with Gasteiger partial charge in [0, 0.05) is 12.2 Å². The molecule has 3 N–H and O–H groups in total. The number of hydrogen-bond donors (Lipinski definition) is 2. The Morgan fingerprint density at radius 1 is 1.19 bits per heavy atom. The third-order valence-electron chi connectivity index (χ3n) is 3.56. The van der Waals surface area contributed by atoms with Gasteiger partial charge >= 0.3 is 0 Å². The summed E-state index contributed by atoms with van der Waals surface area (Å²) >= 11 is 0. The van der Waals surface area contributed by atoms with E-state index in [0.717, 1.165) is 5.82 Å². The second-order valence-electron chi connectivity index (χ2n) is 6.43. The van der Waals surface area contributed by atoms with Gasteiger partial charge in [-0.3, -0.25) is 0 Å². The molecule has 21 heavy (non-hydrogen) atoms. The van der Waals surface area contributed by atoms with Crippen molar-refractivity contribution in [2.45, 2.75) is 40.3 Å². The minimum absolute atomic E-state index is 0.0897. The highest BCUT2D eigenvalue weighted by atomic mass is 15.0. The molecular weight excluding hydrogens is 260 g/mol. The number of nitrogens with zero attached hydrogens (tertiary/aromatic N) is 2. The molecule has 0 aliphatic rings. The van der Waals surface area contributed by atoms with Crippen LogP contribution < -0.4 is 11.1 Å². The summed E-state index contributed by atoms with van der Waals surface area (Å²) < 4.78 is 0. The minimum atomic E-state index is 0.0897. The van der Waals surface area contributed by atoms with Crippen molar-refractivity contribution in [1.29, 1.82) is 0 Å². The van der Waals surface area contributed by atoms with Crippen LogP contribution in [0.15, 0.2) is 36.5 Å². The van der Waals surface area contributed by atoms with Gasteiger partial charge < -0.3 is 11.1 Å². The molecular formula is C17H24N4. The number of aromatic nitrogens is 2. The first-order chi connectivity index (χ1) is 9.88. The van der Waals surface area contributed by atoms with Gasteiger partial charge in [0.1, 0.15) is 11.6 Å². The fraction of sp³-hybridized carbons (Fsp3) is 0.412. The zero-order chi connectivity index (χ0) is 15.5. The molecule has 1 aromatic carbocycles. The summed E-state index contributed by atoms with van der Waals surface area (Å²) in [5.74, 6) is 1.22. The quantitative estimate of drug-likeness (QED) is 0.904. The average molecular weight is 284 g/mol. The van der Waals surface area contributed by atoms with Crippen molar-refractivity contribution in [2.75, 3.05) is 5.73 Å². The predicted octanol–water partition coefficient (Wildman–Crippen LogP) is 3.24. The van der Waals surface area contributed by atoms with Gasteiger partial charge in [-0.05, 0) is 29.5 Å². The Hall–Kier alpha value is -1.94. The van der Waals surface area contributed by atoms with Crippen molar-refractivity contribution < 1.29 is 0 Å². The fourth-order valence-electron chi connectivity index (χ4n) is 2.49. The number of rotatable bonds is 4. The minimum Gasteiger partial charge on any atom is -0.384 e. The van der Waals surface area contributed by atoms with Gasteiger partial charge in [0.25, 0.3) is 0 Å². The summed E-state index contributed by atoms with van der Waals surface area (Å²) in [7, 11) is 0. The van der Waals surface area contributed by atoms with Crippen LogP contribution in [-0.4, -0.2) is 9.97 Å². The number of anilines is 1. The normalized spacial score (nSPS) is 13.1. The Kier molecular flexibility index (Phi) is 4.58. The summed E-state index contributed by atoms with van der Waals surface area (Å²) in [6, 6.07) is 10.4. The molecule has 0 unspecified atom stereocenters. The Bertz CT molecular complexity index is 602. The van der Waals surface area contributed by atoms with Crippen molar-refractivity contribution in [3.8, 4) is 0 Å². The van der Waals surface area contributed by atoms with Crippen LogP contribution in [0, 0.1) is 12.3 Å². The first-order valence-corrected chi connectivity index (χ1v) is 7.24. The molecule has 0 aliphatic carbocycles. The Balaban J connectivity index is 2.21. The van der Waals surface area contributed by atoms with E-state index in [9.17, 15) is 0 Å². The molecule has 0 saturated heterocycles. The maximum Gasteiger partial charge on any atom is 0.144 e. The molecule has 112 valence electrons. The molecule has 1 atom stereocenters. The lowest BCUT2D eigenvalue weighted by molar-refractivity contribution is 0.268. The van der Waals surface area contributed by atoms with Crippen LogP contribution in [0.1, 0.15) is 43.8 Å². The van der Waals surface area contributed by atoms with E-state index in [-0.39, 0.29) is 11.5 Å². The van der Waals surface area contributed by atoms with E-state index in [1.165, 1.54) is 11.1 Å². The van der Waals surface area contributed by atoms with E-state index in [1.54, 1.807) is 12.3 Å². The predicted molar refractivity (Wildman–Crippen MR) is 86.7 cm³/mol. The molecule has 4 heteroatoms. The van der Waals surface area contributed by atoms with Gasteiger partial charge in [0.15, 0.2) is 0 Å². The SMILES string of the molecule is Cc1ccccc1[C@H](NCc1nccc(N)n1)C(C)(C)C. The first kappa shape index (κ1) is 15.4. The lowest BCUT2D eigenvalue weighted by Gasteiger charge is -2.33. The van der Waals surface area contributed by atoms with Crippen LogP contribution in [0.4, 0.5) is 5.82 Å². The zero-order valence-electron chi connectivity index (χ0n) is 13.2. The van der Waals surface area contributed by atoms with Crippen LogP contribution in [0.3, 0.4) is 0 Å². The monoisotopic (exact) mass is 284 g/mol. The molecule has 0 radical (unpaired) electrons. The molecule has 0 amide bonds. The van der Waals surface area contributed by atoms with Crippen molar-refractivity contribution >= 4 is 5.82 Å². The van der Waals surface area contributed by atoms with Crippen LogP contribution in [-0.2, 0) is 6.54 Å². The van der Waals surface area contributed by atoms with E-state index in [0.29, 0.717) is 12.4 Å². The van der Waals surface area contributed by atoms with Crippen LogP contribution >= 0.6 is 0 Å². The molecule has 0 saturated carbocycles. The molecule has 0 aliphatic heterocycles. The Labute approximate surface area is 126 Å². The van der Waals surface area contributed by atoms with Gasteiger partial charge in [-0.25, -0.2) is 9.97 Å². The van der Waals surface area contributed by atoms with Crippen LogP contribution in [0.5, 0.6) is 0 Å². The summed E-state index contributed by atoms with van der Waals surface area (Å²) in [4.78, 5) is 8.50. The number of nitrogens with two attached hydrogens (primary N) is 1. The highest BCUT2D eigenvalue weighted by Gasteiger charge is 2.27. The highest BCUT2D eigenvalue weighted by molar-refractivity contribution is 5.30. The van der Waals surface area contributed by atoms with Crippen molar-refractivity contribution in [1.82, 2.24) is 15.3 Å². The molecule has 0 spiro atoms. The molecule has 0 bridgehead atoms. The van der Waals surface area contributed by atoms with Gasteiger partial charge in [0.2, 0.25) is 0 Å². The molecule has 1 heterocycles. The maximum atomic E-state index is 5.71. The highest BCUT2D eigenvalue weighted by Crippen LogP contribution is 2.34. The summed E-state index contributed by atoms with van der Waals surface area (Å²) in [5, 5.41) is 3.58. The number of hydrogen-bond acceptors (Lipinski definition) is 4. The third-order valence-corrected chi connectivity index (χ3v) is 3.56. The van der Waals surface area contributed by atoms with Gasteiger partial charge in [-0.1, -0.05) is 45.0 Å². The smallest absolute Gasteiger partial charge is 0.144 e. The summed E-state index contributed by atoms with van der Waals surface area (Å²) in [5.41, 5.74) is 8.40. The second kappa shape index (κ2) is 6.22. The largest absolute Gasteiger partial charge is 0.384 e. The van der Waals surface area contributed by atoms with E-state index >= 15 is 0 Å². The number of benzene rings is 1. The Morgan fingerprint density at radius 2 is 1.90 bits per heavy atom. The lowest BCUT2D eigenvalue weighted by Crippen LogP contribution is -2.33. The lowest BCUT2D eigenvalue weighted by atomic mass is 9.81. The molecule has 2 aromatic rings. The number of aryl methyl sites for hydroxylation is 1. The maximum absolute atomic E-state index is 5.71. The second-order valence-corrected chi connectivity index (χ2v) is 6.43. The van der Waals surface area contributed by atoms with Crippen molar-refractivity contribution in [2.24, 2.45) is 5.41 Å².